The van der Waals surface area contributed by atoms with Crippen LogP contribution in [0.3, 0.4) is 0 Å². The second-order valence-corrected chi connectivity index (χ2v) is 7.53. The summed E-state index contributed by atoms with van der Waals surface area (Å²) < 4.78 is 43.6. The third-order valence-corrected chi connectivity index (χ3v) is 5.36. The minimum Gasteiger partial charge on any atom is -0.456 e. The van der Waals surface area contributed by atoms with E-state index in [4.69, 9.17) is 4.74 Å². The fraction of sp³-hybridized carbons (Fsp3) is 0.500. The molecule has 0 atom stereocenters. The highest BCUT2D eigenvalue weighted by atomic mass is 19.4. The molecule has 8 nitrogen and oxygen atoms in total. The van der Waals surface area contributed by atoms with Crippen LogP contribution in [0.4, 0.5) is 23.7 Å². The Kier molecular flexibility index (Phi) is 6.51. The van der Waals surface area contributed by atoms with Gasteiger partial charge in [-0.15, -0.1) is 0 Å². The van der Waals surface area contributed by atoms with Gasteiger partial charge in [0.15, 0.2) is 6.61 Å². The summed E-state index contributed by atoms with van der Waals surface area (Å²) in [5.74, 6) is -2.17. The number of nitrogens with zero attached hydrogens (tertiary/aromatic N) is 1. The molecule has 1 saturated heterocycles. The van der Waals surface area contributed by atoms with Crippen LogP contribution >= 0.6 is 0 Å². The van der Waals surface area contributed by atoms with E-state index in [1.165, 1.54) is 12.1 Å². The summed E-state index contributed by atoms with van der Waals surface area (Å²) in [7, 11) is 0. The van der Waals surface area contributed by atoms with Gasteiger partial charge in [0.2, 0.25) is 0 Å². The van der Waals surface area contributed by atoms with Gasteiger partial charge in [-0.2, -0.15) is 13.2 Å². The third-order valence-electron chi connectivity index (χ3n) is 5.36. The summed E-state index contributed by atoms with van der Waals surface area (Å²) in [5, 5.41) is 4.77. The van der Waals surface area contributed by atoms with Crippen LogP contribution in [-0.4, -0.2) is 47.4 Å². The van der Waals surface area contributed by atoms with Gasteiger partial charge in [-0.3, -0.25) is 19.3 Å². The van der Waals surface area contributed by atoms with Crippen molar-refractivity contribution in [3.8, 4) is 0 Å². The number of amides is 4. The van der Waals surface area contributed by atoms with E-state index in [1.54, 1.807) is 0 Å². The van der Waals surface area contributed by atoms with Crippen molar-refractivity contribution in [3.63, 3.8) is 0 Å². The number of nitrogens with one attached hydrogen (secondary N) is 2. The van der Waals surface area contributed by atoms with Gasteiger partial charge in [-0.05, 0) is 25.0 Å². The molecule has 0 bridgehead atoms. The van der Waals surface area contributed by atoms with Gasteiger partial charge in [-0.25, -0.2) is 4.79 Å². The SMILES string of the molecule is O=C(COC(=O)CCN1C(=O)NC2(CCCCC2)C1=O)Nc1ccccc1C(F)(F)F. The van der Waals surface area contributed by atoms with Crippen molar-refractivity contribution < 1.29 is 37.1 Å². The summed E-state index contributed by atoms with van der Waals surface area (Å²) in [4.78, 5) is 49.5. The first-order valence-corrected chi connectivity index (χ1v) is 9.88. The van der Waals surface area contributed by atoms with Gasteiger partial charge >= 0.3 is 18.2 Å². The Morgan fingerprint density at radius 2 is 1.81 bits per heavy atom. The van der Waals surface area contributed by atoms with Crippen molar-refractivity contribution in [2.45, 2.75) is 50.2 Å². The maximum absolute atomic E-state index is 13.0. The zero-order chi connectivity index (χ0) is 22.6. The van der Waals surface area contributed by atoms with Gasteiger partial charge in [0, 0.05) is 6.54 Å². The van der Waals surface area contributed by atoms with Gasteiger partial charge < -0.3 is 15.4 Å². The quantitative estimate of drug-likeness (QED) is 0.522. The molecule has 1 aliphatic carbocycles. The van der Waals surface area contributed by atoms with E-state index >= 15 is 0 Å². The van der Waals surface area contributed by atoms with Crippen molar-refractivity contribution >= 4 is 29.5 Å². The highest BCUT2D eigenvalue weighted by molar-refractivity contribution is 6.07. The molecule has 1 spiro atoms. The first-order valence-electron chi connectivity index (χ1n) is 9.88. The lowest BCUT2D eigenvalue weighted by atomic mass is 9.82. The maximum atomic E-state index is 13.0. The highest BCUT2D eigenvalue weighted by Gasteiger charge is 2.51. The molecule has 1 saturated carbocycles. The number of urea groups is 1. The van der Waals surface area contributed by atoms with E-state index in [-0.39, 0.29) is 18.9 Å². The molecule has 11 heteroatoms. The number of hydrogen-bond donors (Lipinski definition) is 2. The Labute approximate surface area is 176 Å². The van der Waals surface area contributed by atoms with E-state index < -0.39 is 47.5 Å². The molecule has 1 aliphatic heterocycles. The van der Waals surface area contributed by atoms with Crippen molar-refractivity contribution in [2.75, 3.05) is 18.5 Å². The summed E-state index contributed by atoms with van der Waals surface area (Å²) in [5.41, 5.74) is -2.37. The number of esters is 1. The molecule has 1 aromatic carbocycles. The van der Waals surface area contributed by atoms with E-state index in [2.05, 4.69) is 10.6 Å². The highest BCUT2D eigenvalue weighted by Crippen LogP contribution is 2.35. The van der Waals surface area contributed by atoms with Gasteiger partial charge in [0.1, 0.15) is 5.54 Å². The van der Waals surface area contributed by atoms with Gasteiger partial charge in [0.25, 0.3) is 11.8 Å². The lowest BCUT2D eigenvalue weighted by molar-refractivity contribution is -0.148. The number of halogens is 3. The Hall–Kier alpha value is -3.11. The molecule has 2 N–H and O–H groups in total. The molecule has 4 amide bonds. The fourth-order valence-corrected chi connectivity index (χ4v) is 3.82. The standard InChI is InChI=1S/C20H22F3N3O5/c21-20(22,23)13-6-2-3-7-14(13)24-15(27)12-31-16(28)8-11-26-17(29)19(25-18(26)30)9-4-1-5-10-19/h2-3,6-7H,1,4-5,8-12H2,(H,24,27)(H,25,30). The largest absolute Gasteiger partial charge is 0.456 e. The first kappa shape index (κ1) is 22.6. The zero-order valence-electron chi connectivity index (χ0n) is 16.6. The van der Waals surface area contributed by atoms with Crippen LogP contribution in [0.25, 0.3) is 0 Å². The lowest BCUT2D eigenvalue weighted by Crippen LogP contribution is -2.48. The number of para-hydroxylation sites is 1. The van der Waals surface area contributed by atoms with Crippen molar-refractivity contribution in [3.05, 3.63) is 29.8 Å². The van der Waals surface area contributed by atoms with Gasteiger partial charge in [-0.1, -0.05) is 31.4 Å². The predicted octanol–water partition coefficient (Wildman–Crippen LogP) is 2.83. The number of anilines is 1. The van der Waals surface area contributed by atoms with E-state index in [0.29, 0.717) is 12.8 Å². The molecular weight excluding hydrogens is 419 g/mol. The van der Waals surface area contributed by atoms with E-state index in [0.717, 1.165) is 36.3 Å². The van der Waals surface area contributed by atoms with Crippen LogP contribution in [0.5, 0.6) is 0 Å². The van der Waals surface area contributed by atoms with Gasteiger partial charge in [0.05, 0.1) is 17.7 Å². The topological polar surface area (TPSA) is 105 Å². The number of benzene rings is 1. The molecule has 168 valence electrons. The Morgan fingerprint density at radius 1 is 1.13 bits per heavy atom. The molecule has 3 rings (SSSR count). The fourth-order valence-electron chi connectivity index (χ4n) is 3.82. The Balaban J connectivity index is 1.47. The summed E-state index contributed by atoms with van der Waals surface area (Å²) in [6.07, 6.45) is -1.23. The minimum atomic E-state index is -4.65. The van der Waals surface area contributed by atoms with Crippen molar-refractivity contribution in [1.29, 1.82) is 0 Å². The van der Waals surface area contributed by atoms with E-state index in [9.17, 15) is 32.3 Å². The Morgan fingerprint density at radius 3 is 2.48 bits per heavy atom. The summed E-state index contributed by atoms with van der Waals surface area (Å²) in [6, 6.07) is 3.85. The number of ether oxygens (including phenoxy) is 1. The number of imide groups is 1. The third kappa shape index (κ3) is 5.15. The molecule has 31 heavy (non-hydrogen) atoms. The average molecular weight is 441 g/mol. The second kappa shape index (κ2) is 8.94. The summed E-state index contributed by atoms with van der Waals surface area (Å²) in [6.45, 7) is -1.00. The molecule has 0 aromatic heterocycles. The molecule has 1 aromatic rings. The Bertz CT molecular complexity index is 881. The van der Waals surface area contributed by atoms with Crippen LogP contribution in [0.15, 0.2) is 24.3 Å². The van der Waals surface area contributed by atoms with Crippen molar-refractivity contribution in [2.24, 2.45) is 0 Å². The molecule has 2 aliphatic rings. The monoisotopic (exact) mass is 441 g/mol. The molecular formula is C20H22F3N3O5. The molecule has 0 unspecified atom stereocenters. The zero-order valence-corrected chi connectivity index (χ0v) is 16.6. The van der Waals surface area contributed by atoms with Crippen LogP contribution in [0, 0.1) is 0 Å². The number of hydrogen-bond acceptors (Lipinski definition) is 5. The molecule has 1 heterocycles. The number of alkyl halides is 3. The number of rotatable bonds is 6. The van der Waals surface area contributed by atoms with Crippen LogP contribution in [-0.2, 0) is 25.3 Å². The number of carbonyl (C=O) groups is 4. The first-order chi connectivity index (χ1) is 14.6. The smallest absolute Gasteiger partial charge is 0.418 e. The average Bonchev–Trinajstić information content (AvgIpc) is 2.94. The van der Waals surface area contributed by atoms with Crippen LogP contribution < -0.4 is 10.6 Å². The van der Waals surface area contributed by atoms with Crippen LogP contribution in [0.1, 0.15) is 44.1 Å². The predicted molar refractivity (Wildman–Crippen MR) is 102 cm³/mol. The number of carbonyl (C=O) groups excluding carboxylic acids is 4. The molecule has 0 radical (unpaired) electrons. The minimum absolute atomic E-state index is 0.205. The van der Waals surface area contributed by atoms with Crippen LogP contribution in [0.2, 0.25) is 0 Å². The second-order valence-electron chi connectivity index (χ2n) is 7.53. The van der Waals surface area contributed by atoms with Crippen molar-refractivity contribution in [1.82, 2.24) is 10.2 Å². The lowest BCUT2D eigenvalue weighted by Gasteiger charge is -2.30. The van der Waals surface area contributed by atoms with E-state index in [1.807, 2.05) is 0 Å². The maximum Gasteiger partial charge on any atom is 0.418 e. The normalized spacial score (nSPS) is 18.1. The molecule has 2 fully saturated rings. The summed E-state index contributed by atoms with van der Waals surface area (Å²) >= 11 is 0.